The molecule has 2 aromatic carbocycles. The third-order valence-corrected chi connectivity index (χ3v) is 6.91. The highest BCUT2D eigenvalue weighted by molar-refractivity contribution is 6.30. The average Bonchev–Trinajstić information content (AvgIpc) is 3.09. The second kappa shape index (κ2) is 14.2. The molecular weight excluding hydrogens is 503 g/mol. The first kappa shape index (κ1) is 28.7. The highest BCUT2D eigenvalue weighted by Gasteiger charge is 2.32. The fraction of sp³-hybridized carbons (Fsp3) is 0.467. The van der Waals surface area contributed by atoms with Gasteiger partial charge in [0, 0.05) is 49.7 Å². The van der Waals surface area contributed by atoms with E-state index in [1.165, 1.54) is 6.07 Å². The van der Waals surface area contributed by atoms with E-state index in [2.05, 4.69) is 10.2 Å². The molecule has 210 valence electrons. The number of ether oxygens (including phenoxy) is 3. The molecule has 8 nitrogen and oxygen atoms in total. The highest BCUT2D eigenvalue weighted by atomic mass is 19.1. The SMILES string of the molecule is CCCOc1ccc(F)c2c1C(CC(=O)NCCN1CCOCC1)CC=C(c1ccc(OCCO)cc1)C2=O. The molecule has 1 saturated heterocycles. The molecule has 2 aliphatic rings. The average molecular weight is 541 g/mol. The summed E-state index contributed by atoms with van der Waals surface area (Å²) in [5, 5.41) is 12.0. The van der Waals surface area contributed by atoms with Crippen molar-refractivity contribution in [2.45, 2.75) is 32.1 Å². The molecule has 0 saturated carbocycles. The number of rotatable bonds is 12. The fourth-order valence-electron chi connectivity index (χ4n) is 4.96. The zero-order valence-corrected chi connectivity index (χ0v) is 22.4. The van der Waals surface area contributed by atoms with Gasteiger partial charge in [-0.25, -0.2) is 4.39 Å². The van der Waals surface area contributed by atoms with Crippen molar-refractivity contribution in [3.63, 3.8) is 0 Å². The maximum atomic E-state index is 15.4. The molecule has 0 spiro atoms. The van der Waals surface area contributed by atoms with Crippen molar-refractivity contribution in [1.29, 1.82) is 0 Å². The highest BCUT2D eigenvalue weighted by Crippen LogP contribution is 2.41. The molecule has 9 heteroatoms. The van der Waals surface area contributed by atoms with Crippen LogP contribution in [0.15, 0.2) is 42.5 Å². The second-order valence-electron chi connectivity index (χ2n) is 9.67. The third-order valence-electron chi connectivity index (χ3n) is 6.91. The third kappa shape index (κ3) is 7.44. The van der Waals surface area contributed by atoms with Crippen LogP contribution in [0, 0.1) is 5.82 Å². The molecule has 1 aliphatic carbocycles. The summed E-state index contributed by atoms with van der Waals surface area (Å²) in [7, 11) is 0. The lowest BCUT2D eigenvalue weighted by atomic mass is 9.87. The summed E-state index contributed by atoms with van der Waals surface area (Å²) in [6, 6.07) is 9.71. The molecule has 1 unspecified atom stereocenters. The van der Waals surface area contributed by atoms with Crippen LogP contribution >= 0.6 is 0 Å². The Bertz CT molecular complexity index is 1160. The minimum atomic E-state index is -0.632. The van der Waals surface area contributed by atoms with E-state index in [-0.39, 0.29) is 31.1 Å². The Kier molecular flexibility index (Phi) is 10.5. The van der Waals surface area contributed by atoms with Gasteiger partial charge in [-0.1, -0.05) is 25.1 Å². The van der Waals surface area contributed by atoms with Crippen LogP contribution in [0.25, 0.3) is 5.57 Å². The Morgan fingerprint density at radius 1 is 1.13 bits per heavy atom. The Balaban J connectivity index is 1.58. The summed E-state index contributed by atoms with van der Waals surface area (Å²) in [6.45, 7) is 6.76. The first-order valence-electron chi connectivity index (χ1n) is 13.6. The Morgan fingerprint density at radius 2 is 1.90 bits per heavy atom. The molecule has 1 atom stereocenters. The van der Waals surface area contributed by atoms with E-state index in [1.807, 2.05) is 6.92 Å². The number of hydrogen-bond acceptors (Lipinski definition) is 7. The molecule has 1 amide bonds. The number of morpholine rings is 1. The zero-order valence-electron chi connectivity index (χ0n) is 22.4. The topological polar surface area (TPSA) is 97.3 Å². The first-order chi connectivity index (χ1) is 19.0. The van der Waals surface area contributed by atoms with Crippen LogP contribution in [0.1, 0.15) is 53.6 Å². The molecule has 2 N–H and O–H groups in total. The van der Waals surface area contributed by atoms with E-state index in [0.29, 0.717) is 61.0 Å². The summed E-state index contributed by atoms with van der Waals surface area (Å²) in [5.41, 5.74) is 1.40. The van der Waals surface area contributed by atoms with Gasteiger partial charge in [-0.05, 0) is 42.7 Å². The summed E-state index contributed by atoms with van der Waals surface area (Å²) < 4.78 is 32.1. The molecule has 2 aromatic rings. The number of carbonyl (C=O) groups is 2. The van der Waals surface area contributed by atoms with E-state index >= 15 is 4.39 Å². The van der Waals surface area contributed by atoms with Crippen molar-refractivity contribution in [3.05, 3.63) is 65.0 Å². The summed E-state index contributed by atoms with van der Waals surface area (Å²) in [4.78, 5) is 29.0. The normalized spacial score (nSPS) is 17.7. The van der Waals surface area contributed by atoms with Gasteiger partial charge in [0.2, 0.25) is 5.91 Å². The number of Topliss-reactive ketones (excluding diaryl/α,β-unsaturated/α-hetero) is 1. The predicted octanol–water partition coefficient (Wildman–Crippen LogP) is 3.58. The van der Waals surface area contributed by atoms with Gasteiger partial charge in [-0.15, -0.1) is 0 Å². The molecule has 0 radical (unpaired) electrons. The van der Waals surface area contributed by atoms with Crippen molar-refractivity contribution in [2.24, 2.45) is 0 Å². The molecule has 1 aliphatic heterocycles. The molecular formula is C30H37FN2O6. The number of fused-ring (bicyclic) bond motifs is 1. The van der Waals surface area contributed by atoms with Crippen LogP contribution in [0.3, 0.4) is 0 Å². The van der Waals surface area contributed by atoms with Crippen LogP contribution in [0.2, 0.25) is 0 Å². The van der Waals surface area contributed by atoms with E-state index < -0.39 is 17.5 Å². The van der Waals surface area contributed by atoms with E-state index in [1.54, 1.807) is 36.4 Å². The van der Waals surface area contributed by atoms with Crippen molar-refractivity contribution < 1.29 is 33.3 Å². The molecule has 0 aromatic heterocycles. The largest absolute Gasteiger partial charge is 0.493 e. The number of aliphatic hydroxyl groups is 1. The Morgan fingerprint density at radius 3 is 2.62 bits per heavy atom. The smallest absolute Gasteiger partial charge is 0.220 e. The number of amides is 1. The lowest BCUT2D eigenvalue weighted by Gasteiger charge is -2.26. The second-order valence-corrected chi connectivity index (χ2v) is 9.67. The van der Waals surface area contributed by atoms with Crippen LogP contribution in [-0.4, -0.2) is 80.9 Å². The number of nitrogens with zero attached hydrogens (tertiary/aromatic N) is 1. The summed E-state index contributed by atoms with van der Waals surface area (Å²) in [6.07, 6.45) is 3.02. The van der Waals surface area contributed by atoms with Crippen molar-refractivity contribution in [1.82, 2.24) is 10.2 Å². The van der Waals surface area contributed by atoms with Gasteiger partial charge in [0.15, 0.2) is 5.78 Å². The molecule has 1 fully saturated rings. The summed E-state index contributed by atoms with van der Waals surface area (Å²) >= 11 is 0. The first-order valence-corrected chi connectivity index (χ1v) is 13.6. The number of aliphatic hydroxyl groups excluding tert-OH is 1. The predicted molar refractivity (Wildman–Crippen MR) is 146 cm³/mol. The number of ketones is 1. The van der Waals surface area contributed by atoms with Crippen molar-refractivity contribution in [2.75, 3.05) is 59.2 Å². The van der Waals surface area contributed by atoms with Gasteiger partial charge >= 0.3 is 0 Å². The molecule has 0 bridgehead atoms. The van der Waals surface area contributed by atoms with Crippen LogP contribution in [0.5, 0.6) is 11.5 Å². The number of allylic oxidation sites excluding steroid dienone is 2. The van der Waals surface area contributed by atoms with E-state index in [9.17, 15) is 9.59 Å². The van der Waals surface area contributed by atoms with Crippen LogP contribution in [0.4, 0.5) is 4.39 Å². The van der Waals surface area contributed by atoms with Gasteiger partial charge in [-0.2, -0.15) is 0 Å². The standard InChI is InChI=1S/C30H37FN2O6/c1-2-16-39-26-10-9-25(31)29-28(26)22(20-27(35)32-11-12-33-13-17-37-18-14-33)5-8-24(30(29)36)21-3-6-23(7-4-21)38-19-15-34/h3-4,6-10,22,34H,2,5,11-20H2,1H3,(H,32,35). The zero-order chi connectivity index (χ0) is 27.6. The number of hydrogen-bond donors (Lipinski definition) is 2. The Labute approximate surface area is 228 Å². The molecule has 39 heavy (non-hydrogen) atoms. The maximum absolute atomic E-state index is 15.4. The number of benzene rings is 2. The minimum Gasteiger partial charge on any atom is -0.493 e. The number of halogens is 1. The minimum absolute atomic E-state index is 0.0425. The lowest BCUT2D eigenvalue weighted by Crippen LogP contribution is -2.41. The molecule has 1 heterocycles. The van der Waals surface area contributed by atoms with Crippen LogP contribution in [-0.2, 0) is 9.53 Å². The molecule has 4 rings (SSSR count). The van der Waals surface area contributed by atoms with E-state index in [4.69, 9.17) is 19.3 Å². The number of carbonyl (C=O) groups excluding carboxylic acids is 2. The Hall–Kier alpha value is -3.27. The number of nitrogens with one attached hydrogen (secondary N) is 1. The lowest BCUT2D eigenvalue weighted by molar-refractivity contribution is -0.121. The van der Waals surface area contributed by atoms with Crippen molar-refractivity contribution in [3.8, 4) is 11.5 Å². The maximum Gasteiger partial charge on any atom is 0.220 e. The van der Waals surface area contributed by atoms with Crippen LogP contribution < -0.4 is 14.8 Å². The van der Waals surface area contributed by atoms with Gasteiger partial charge in [0.05, 0.1) is 32.0 Å². The summed E-state index contributed by atoms with van der Waals surface area (Å²) in [5.74, 6) is -0.659. The van der Waals surface area contributed by atoms with Gasteiger partial charge in [0.1, 0.15) is 23.9 Å². The fourth-order valence-corrected chi connectivity index (χ4v) is 4.96. The van der Waals surface area contributed by atoms with Gasteiger partial charge in [-0.3, -0.25) is 14.5 Å². The van der Waals surface area contributed by atoms with E-state index in [0.717, 1.165) is 26.1 Å². The van der Waals surface area contributed by atoms with Gasteiger partial charge in [0.25, 0.3) is 0 Å². The van der Waals surface area contributed by atoms with Gasteiger partial charge < -0.3 is 24.6 Å². The quantitative estimate of drug-likeness (QED) is 0.425. The van der Waals surface area contributed by atoms with Crippen molar-refractivity contribution >= 4 is 17.3 Å². The monoisotopic (exact) mass is 540 g/mol.